The third kappa shape index (κ3) is 3.75. The first-order valence-electron chi connectivity index (χ1n) is 5.85. The second kappa shape index (κ2) is 6.07. The first kappa shape index (κ1) is 14.1. The molecule has 0 bridgehead atoms. The predicted molar refractivity (Wildman–Crippen MR) is 65.2 cm³/mol. The van der Waals surface area contributed by atoms with Gasteiger partial charge in [-0.3, -0.25) is 11.3 Å². The van der Waals surface area contributed by atoms with Gasteiger partial charge in [-0.05, 0) is 36.0 Å². The van der Waals surface area contributed by atoms with E-state index in [1.807, 2.05) is 0 Å². The molecule has 0 saturated carbocycles. The highest BCUT2D eigenvalue weighted by Crippen LogP contribution is 2.18. The molecule has 96 valence electrons. The molecule has 2 atom stereocenters. The zero-order valence-corrected chi connectivity index (χ0v) is 10.5. The fourth-order valence-electron chi connectivity index (χ4n) is 1.78. The molecule has 0 aromatic heterocycles. The molecule has 4 heteroatoms. The van der Waals surface area contributed by atoms with Gasteiger partial charge in [-0.2, -0.15) is 0 Å². The second-order valence-corrected chi connectivity index (χ2v) is 4.83. The highest BCUT2D eigenvalue weighted by atomic mass is 19.2. The van der Waals surface area contributed by atoms with Crippen molar-refractivity contribution in [2.24, 2.45) is 17.7 Å². The Morgan fingerprint density at radius 1 is 1.18 bits per heavy atom. The minimum Gasteiger partial charge on any atom is -0.271 e. The Hall–Kier alpha value is -1.00. The van der Waals surface area contributed by atoms with E-state index in [0.29, 0.717) is 18.3 Å². The number of nitrogens with one attached hydrogen (secondary N) is 1. The molecule has 0 aliphatic rings. The summed E-state index contributed by atoms with van der Waals surface area (Å²) >= 11 is 0. The molecular weight excluding hydrogens is 222 g/mol. The van der Waals surface area contributed by atoms with Gasteiger partial charge in [-0.25, -0.2) is 8.78 Å². The van der Waals surface area contributed by atoms with Crippen LogP contribution in [0.3, 0.4) is 0 Å². The molecule has 2 nitrogen and oxygen atoms in total. The third-order valence-corrected chi connectivity index (χ3v) is 3.34. The van der Waals surface area contributed by atoms with Gasteiger partial charge < -0.3 is 0 Å². The summed E-state index contributed by atoms with van der Waals surface area (Å²) in [5, 5.41) is 0. The van der Waals surface area contributed by atoms with Gasteiger partial charge >= 0.3 is 0 Å². The monoisotopic (exact) mass is 242 g/mol. The Morgan fingerprint density at radius 3 is 2.29 bits per heavy atom. The van der Waals surface area contributed by atoms with Crippen molar-refractivity contribution in [3.63, 3.8) is 0 Å². The molecule has 1 rings (SSSR count). The fourth-order valence-corrected chi connectivity index (χ4v) is 1.78. The van der Waals surface area contributed by atoms with Crippen LogP contribution in [0.15, 0.2) is 18.2 Å². The first-order chi connectivity index (χ1) is 7.95. The molecule has 0 spiro atoms. The molecule has 17 heavy (non-hydrogen) atoms. The Bertz CT molecular complexity index is 366. The molecule has 3 N–H and O–H groups in total. The van der Waals surface area contributed by atoms with Crippen molar-refractivity contribution in [1.29, 1.82) is 0 Å². The lowest BCUT2D eigenvalue weighted by atomic mass is 9.87. The minimum absolute atomic E-state index is 0.0554. The molecule has 1 aromatic carbocycles. The lowest BCUT2D eigenvalue weighted by Gasteiger charge is -2.26. The highest BCUT2D eigenvalue weighted by Gasteiger charge is 2.19. The van der Waals surface area contributed by atoms with Crippen molar-refractivity contribution in [2.75, 3.05) is 0 Å². The summed E-state index contributed by atoms with van der Waals surface area (Å²) in [4.78, 5) is 0. The van der Waals surface area contributed by atoms with Crippen LogP contribution in [0, 0.1) is 23.5 Å². The van der Waals surface area contributed by atoms with Gasteiger partial charge in [0.2, 0.25) is 0 Å². The van der Waals surface area contributed by atoms with Crippen LogP contribution in [-0.4, -0.2) is 6.04 Å². The second-order valence-electron chi connectivity index (χ2n) is 4.83. The van der Waals surface area contributed by atoms with Crippen LogP contribution in [-0.2, 0) is 6.42 Å². The van der Waals surface area contributed by atoms with E-state index in [9.17, 15) is 8.78 Å². The number of nitrogens with two attached hydrogens (primary N) is 1. The van der Waals surface area contributed by atoms with Crippen LogP contribution in [0.25, 0.3) is 0 Å². The summed E-state index contributed by atoms with van der Waals surface area (Å²) in [5.74, 6) is 4.71. The van der Waals surface area contributed by atoms with Gasteiger partial charge in [0.1, 0.15) is 0 Å². The average molecular weight is 242 g/mol. The van der Waals surface area contributed by atoms with Crippen molar-refractivity contribution >= 4 is 0 Å². The summed E-state index contributed by atoms with van der Waals surface area (Å²) in [6.07, 6.45) is 0.590. The van der Waals surface area contributed by atoms with Crippen molar-refractivity contribution in [1.82, 2.24) is 5.43 Å². The highest BCUT2D eigenvalue weighted by molar-refractivity contribution is 5.19. The summed E-state index contributed by atoms with van der Waals surface area (Å²) in [6, 6.07) is 4.03. The minimum atomic E-state index is -0.817. The van der Waals surface area contributed by atoms with Gasteiger partial charge in [0.25, 0.3) is 0 Å². The molecule has 0 saturated heterocycles. The fraction of sp³-hybridized carbons (Fsp3) is 0.538. The summed E-state index contributed by atoms with van der Waals surface area (Å²) in [5.41, 5.74) is 3.50. The Balaban J connectivity index is 2.77. The molecule has 0 radical (unpaired) electrons. The predicted octanol–water partition coefficient (Wildman–Crippen LogP) is 2.63. The van der Waals surface area contributed by atoms with Crippen LogP contribution in [0.2, 0.25) is 0 Å². The van der Waals surface area contributed by atoms with Crippen molar-refractivity contribution < 1.29 is 8.78 Å². The maximum atomic E-state index is 13.1. The average Bonchev–Trinajstić information content (AvgIpc) is 2.29. The molecular formula is C13H20F2N2. The number of hydrazine groups is 1. The van der Waals surface area contributed by atoms with Crippen LogP contribution >= 0.6 is 0 Å². The normalized spacial score (nSPS) is 15.0. The van der Waals surface area contributed by atoms with E-state index in [0.717, 1.165) is 11.6 Å². The quantitative estimate of drug-likeness (QED) is 0.615. The lowest BCUT2D eigenvalue weighted by Crippen LogP contribution is -2.43. The Morgan fingerprint density at radius 2 is 1.82 bits per heavy atom. The smallest absolute Gasteiger partial charge is 0.159 e. The number of hydrogen-bond acceptors (Lipinski definition) is 2. The molecule has 1 aromatic rings. The third-order valence-electron chi connectivity index (χ3n) is 3.34. The first-order valence-corrected chi connectivity index (χ1v) is 5.85. The Kier molecular flexibility index (Phi) is 5.02. The standard InChI is InChI=1S/C13H20F2N2/c1-8(2)9(3)13(17-16)7-10-4-5-11(14)12(15)6-10/h4-6,8-9,13,17H,7,16H2,1-3H3. The SMILES string of the molecule is CC(C)C(C)C(Cc1ccc(F)c(F)c1)NN. The van der Waals surface area contributed by atoms with Crippen molar-refractivity contribution in [3.05, 3.63) is 35.4 Å². The molecule has 0 aliphatic heterocycles. The van der Waals surface area contributed by atoms with Crippen LogP contribution in [0.1, 0.15) is 26.3 Å². The molecule has 0 amide bonds. The molecule has 0 aliphatic carbocycles. The van der Waals surface area contributed by atoms with E-state index >= 15 is 0 Å². The van der Waals surface area contributed by atoms with E-state index in [1.54, 1.807) is 6.07 Å². The molecule has 0 fully saturated rings. The lowest BCUT2D eigenvalue weighted by molar-refractivity contribution is 0.299. The number of halogens is 2. The van der Waals surface area contributed by atoms with E-state index in [4.69, 9.17) is 5.84 Å². The summed E-state index contributed by atoms with van der Waals surface area (Å²) < 4.78 is 25.9. The van der Waals surface area contributed by atoms with Crippen LogP contribution in [0.4, 0.5) is 8.78 Å². The van der Waals surface area contributed by atoms with E-state index in [1.165, 1.54) is 6.07 Å². The number of hydrogen-bond donors (Lipinski definition) is 2. The number of rotatable bonds is 5. The summed E-state index contributed by atoms with van der Waals surface area (Å²) in [7, 11) is 0. The maximum absolute atomic E-state index is 13.1. The van der Waals surface area contributed by atoms with E-state index in [2.05, 4.69) is 26.2 Å². The molecule has 2 unspecified atom stereocenters. The van der Waals surface area contributed by atoms with Crippen molar-refractivity contribution in [3.8, 4) is 0 Å². The Labute approximate surface area is 101 Å². The van der Waals surface area contributed by atoms with E-state index in [-0.39, 0.29) is 6.04 Å². The number of benzene rings is 1. The van der Waals surface area contributed by atoms with E-state index < -0.39 is 11.6 Å². The zero-order valence-electron chi connectivity index (χ0n) is 10.5. The van der Waals surface area contributed by atoms with Gasteiger partial charge in [0, 0.05) is 6.04 Å². The van der Waals surface area contributed by atoms with Gasteiger partial charge in [0.15, 0.2) is 11.6 Å². The largest absolute Gasteiger partial charge is 0.271 e. The van der Waals surface area contributed by atoms with Crippen molar-refractivity contribution in [2.45, 2.75) is 33.2 Å². The zero-order chi connectivity index (χ0) is 13.0. The van der Waals surface area contributed by atoms with Gasteiger partial charge in [0.05, 0.1) is 0 Å². The van der Waals surface area contributed by atoms with Gasteiger partial charge in [-0.1, -0.05) is 26.8 Å². The van der Waals surface area contributed by atoms with Crippen LogP contribution < -0.4 is 11.3 Å². The summed E-state index contributed by atoms with van der Waals surface area (Å²) in [6.45, 7) is 6.32. The molecule has 0 heterocycles. The van der Waals surface area contributed by atoms with Crippen LogP contribution in [0.5, 0.6) is 0 Å². The maximum Gasteiger partial charge on any atom is 0.159 e. The topological polar surface area (TPSA) is 38.0 Å². The van der Waals surface area contributed by atoms with Gasteiger partial charge in [-0.15, -0.1) is 0 Å².